The summed E-state index contributed by atoms with van der Waals surface area (Å²) in [5, 5.41) is 0. The number of hydrogen-bond acceptors (Lipinski definition) is 3. The molecule has 0 saturated heterocycles. The van der Waals surface area contributed by atoms with Gasteiger partial charge in [0.15, 0.2) is 0 Å². The van der Waals surface area contributed by atoms with Crippen LogP contribution in [0.3, 0.4) is 0 Å². The van der Waals surface area contributed by atoms with Crippen LogP contribution in [0.1, 0.15) is 43.1 Å². The van der Waals surface area contributed by atoms with Gasteiger partial charge in [0.2, 0.25) is 0 Å². The molecule has 1 aliphatic rings. The van der Waals surface area contributed by atoms with Gasteiger partial charge < -0.3 is 15.5 Å². The smallest absolute Gasteiger partial charge is 0.118 e. The van der Waals surface area contributed by atoms with Gasteiger partial charge in [-0.25, -0.2) is 4.98 Å². The van der Waals surface area contributed by atoms with Crippen LogP contribution in [0.2, 0.25) is 0 Å². The summed E-state index contributed by atoms with van der Waals surface area (Å²) in [7, 11) is 1.68. The maximum atomic E-state index is 6.09. The molecule has 3 N–H and O–H groups in total. The largest absolute Gasteiger partial charge is 0.497 e. The Hall–Kier alpha value is -1.81. The number of ether oxygens (including phenoxy) is 1. The van der Waals surface area contributed by atoms with E-state index in [0.717, 1.165) is 41.4 Å². The number of hydrogen-bond donors (Lipinski definition) is 2. The fraction of sp³-hybridized carbons (Fsp3) is 0.471. The van der Waals surface area contributed by atoms with E-state index in [9.17, 15) is 0 Å². The minimum Gasteiger partial charge on any atom is -0.497 e. The molecule has 4 nitrogen and oxygen atoms in total. The fourth-order valence-corrected chi connectivity index (χ4v) is 3.18. The number of aryl methyl sites for hydroxylation is 1. The Bertz CT molecular complexity index is 603. The van der Waals surface area contributed by atoms with Crippen LogP contribution < -0.4 is 10.5 Å². The molecule has 0 radical (unpaired) electrons. The molecule has 2 atom stereocenters. The van der Waals surface area contributed by atoms with Gasteiger partial charge in [-0.3, -0.25) is 0 Å². The first-order valence-electron chi connectivity index (χ1n) is 7.64. The van der Waals surface area contributed by atoms with Gasteiger partial charge in [-0.15, -0.1) is 0 Å². The zero-order chi connectivity index (χ0) is 14.8. The van der Waals surface area contributed by atoms with Crippen molar-refractivity contribution in [2.75, 3.05) is 7.11 Å². The summed E-state index contributed by atoms with van der Waals surface area (Å²) in [6, 6.07) is 8.37. The van der Waals surface area contributed by atoms with Crippen molar-refractivity contribution in [2.24, 2.45) is 5.73 Å². The minimum atomic E-state index is 0.318. The van der Waals surface area contributed by atoms with Gasteiger partial charge in [0.05, 0.1) is 12.8 Å². The molecular formula is C17H23N3O. The van der Waals surface area contributed by atoms with Crippen LogP contribution in [-0.4, -0.2) is 23.1 Å². The van der Waals surface area contributed by atoms with Crippen molar-refractivity contribution in [3.8, 4) is 17.0 Å². The number of methoxy groups -OCH3 is 1. The lowest BCUT2D eigenvalue weighted by Gasteiger charge is -2.24. The highest BCUT2D eigenvalue weighted by Gasteiger charge is 2.24. The Morgan fingerprint density at radius 2 is 2.00 bits per heavy atom. The number of benzene rings is 1. The first kappa shape index (κ1) is 14.1. The summed E-state index contributed by atoms with van der Waals surface area (Å²) >= 11 is 0. The average molecular weight is 285 g/mol. The predicted octanol–water partition coefficient (Wildman–Crippen LogP) is 3.38. The molecule has 0 bridgehead atoms. The van der Waals surface area contributed by atoms with Gasteiger partial charge in [0.25, 0.3) is 0 Å². The van der Waals surface area contributed by atoms with Crippen molar-refractivity contribution in [1.29, 1.82) is 0 Å². The number of rotatable bonds is 3. The van der Waals surface area contributed by atoms with Crippen molar-refractivity contribution in [3.63, 3.8) is 0 Å². The Morgan fingerprint density at radius 1 is 1.24 bits per heavy atom. The molecule has 1 aliphatic carbocycles. The Morgan fingerprint density at radius 3 is 2.67 bits per heavy atom. The van der Waals surface area contributed by atoms with Gasteiger partial charge in [-0.2, -0.15) is 0 Å². The van der Waals surface area contributed by atoms with Crippen LogP contribution in [0.4, 0.5) is 0 Å². The zero-order valence-corrected chi connectivity index (χ0v) is 12.7. The number of aromatic nitrogens is 2. The normalized spacial score (nSPS) is 22.2. The Labute approximate surface area is 125 Å². The molecular weight excluding hydrogens is 262 g/mol. The number of aromatic amines is 1. The van der Waals surface area contributed by atoms with Gasteiger partial charge in [-0.05, 0) is 50.5 Å². The van der Waals surface area contributed by atoms with E-state index in [1.807, 2.05) is 12.1 Å². The quantitative estimate of drug-likeness (QED) is 0.908. The predicted molar refractivity (Wildman–Crippen MR) is 84.5 cm³/mol. The van der Waals surface area contributed by atoms with E-state index < -0.39 is 0 Å². The number of nitrogens with zero attached hydrogens (tertiary/aromatic N) is 1. The molecule has 21 heavy (non-hydrogen) atoms. The number of nitrogens with two attached hydrogens (primary N) is 1. The van der Waals surface area contributed by atoms with Crippen molar-refractivity contribution in [1.82, 2.24) is 9.97 Å². The third-order valence-electron chi connectivity index (χ3n) is 4.37. The van der Waals surface area contributed by atoms with Crippen LogP contribution in [0.5, 0.6) is 5.75 Å². The summed E-state index contributed by atoms with van der Waals surface area (Å²) in [6.07, 6.45) is 4.56. The lowest BCUT2D eigenvalue weighted by atomic mass is 9.86. The number of H-pyrrole nitrogens is 1. The lowest BCUT2D eigenvalue weighted by Crippen LogP contribution is -2.27. The van der Waals surface area contributed by atoms with Crippen LogP contribution >= 0.6 is 0 Å². The molecule has 3 rings (SSSR count). The first-order chi connectivity index (χ1) is 10.2. The molecule has 2 aromatic rings. The molecule has 1 aromatic carbocycles. The summed E-state index contributed by atoms with van der Waals surface area (Å²) in [5.41, 5.74) is 9.37. The van der Waals surface area contributed by atoms with Gasteiger partial charge >= 0.3 is 0 Å². The Kier molecular flexibility index (Phi) is 3.97. The topological polar surface area (TPSA) is 63.9 Å². The number of imidazole rings is 1. The van der Waals surface area contributed by atoms with Crippen molar-refractivity contribution < 1.29 is 4.74 Å². The molecule has 0 aliphatic heterocycles. The van der Waals surface area contributed by atoms with Crippen molar-refractivity contribution in [3.05, 3.63) is 35.8 Å². The second-order valence-corrected chi connectivity index (χ2v) is 5.95. The molecule has 0 amide bonds. The van der Waals surface area contributed by atoms with E-state index in [2.05, 4.69) is 24.0 Å². The molecule has 112 valence electrons. The summed E-state index contributed by atoms with van der Waals surface area (Å²) in [5.74, 6) is 2.43. The fourth-order valence-electron chi connectivity index (χ4n) is 3.18. The highest BCUT2D eigenvalue weighted by molar-refractivity contribution is 5.62. The zero-order valence-electron chi connectivity index (χ0n) is 12.7. The number of nitrogens with one attached hydrogen (secondary N) is 1. The average Bonchev–Trinajstić information content (AvgIpc) is 2.89. The van der Waals surface area contributed by atoms with Crippen LogP contribution in [-0.2, 0) is 0 Å². The second kappa shape index (κ2) is 5.90. The Balaban J connectivity index is 1.86. The molecule has 1 heterocycles. The van der Waals surface area contributed by atoms with Gasteiger partial charge in [0, 0.05) is 23.2 Å². The van der Waals surface area contributed by atoms with Crippen LogP contribution in [0, 0.1) is 6.92 Å². The standard InChI is InChI=1S/C17H23N3O/c1-11-16(12-6-8-15(21-2)9-7-12)20-17(19-11)13-4-3-5-14(18)10-13/h6-9,13-14H,3-5,10,18H2,1-2H3,(H,19,20). The van der Waals surface area contributed by atoms with E-state index in [1.165, 1.54) is 12.8 Å². The maximum Gasteiger partial charge on any atom is 0.118 e. The van der Waals surface area contributed by atoms with E-state index in [-0.39, 0.29) is 0 Å². The highest BCUT2D eigenvalue weighted by atomic mass is 16.5. The van der Waals surface area contributed by atoms with Gasteiger partial charge in [0.1, 0.15) is 11.6 Å². The molecule has 1 fully saturated rings. The van der Waals surface area contributed by atoms with Crippen LogP contribution in [0.25, 0.3) is 11.3 Å². The third-order valence-corrected chi connectivity index (χ3v) is 4.37. The van der Waals surface area contributed by atoms with Crippen molar-refractivity contribution >= 4 is 0 Å². The van der Waals surface area contributed by atoms with E-state index >= 15 is 0 Å². The molecule has 1 saturated carbocycles. The van der Waals surface area contributed by atoms with Gasteiger partial charge in [-0.1, -0.05) is 6.42 Å². The van der Waals surface area contributed by atoms with E-state index in [4.69, 9.17) is 15.5 Å². The SMILES string of the molecule is COc1ccc(-c2nc(C3CCCC(N)C3)[nH]c2C)cc1. The van der Waals surface area contributed by atoms with E-state index in [0.29, 0.717) is 12.0 Å². The molecule has 0 spiro atoms. The molecule has 2 unspecified atom stereocenters. The van der Waals surface area contributed by atoms with Crippen molar-refractivity contribution in [2.45, 2.75) is 44.6 Å². The van der Waals surface area contributed by atoms with E-state index in [1.54, 1.807) is 7.11 Å². The maximum absolute atomic E-state index is 6.09. The summed E-state index contributed by atoms with van der Waals surface area (Å²) in [4.78, 5) is 8.31. The summed E-state index contributed by atoms with van der Waals surface area (Å²) in [6.45, 7) is 2.08. The monoisotopic (exact) mass is 285 g/mol. The van der Waals surface area contributed by atoms with Crippen LogP contribution in [0.15, 0.2) is 24.3 Å². The highest BCUT2D eigenvalue weighted by Crippen LogP contribution is 2.33. The first-order valence-corrected chi connectivity index (χ1v) is 7.64. The minimum absolute atomic E-state index is 0.318. The molecule has 4 heteroatoms. The summed E-state index contributed by atoms with van der Waals surface area (Å²) < 4.78 is 5.21. The molecule has 1 aromatic heterocycles. The third kappa shape index (κ3) is 2.95. The second-order valence-electron chi connectivity index (χ2n) is 5.95. The lowest BCUT2D eigenvalue weighted by molar-refractivity contribution is 0.383.